The van der Waals surface area contributed by atoms with Gasteiger partial charge in [0, 0.05) is 63.6 Å². The van der Waals surface area contributed by atoms with E-state index in [0.717, 1.165) is 31.9 Å². The molecule has 0 aliphatic carbocycles. The number of nitrogens with one attached hydrogen (secondary N) is 1. The zero-order chi connectivity index (χ0) is 21.6. The number of hydrogen-bond acceptors (Lipinski definition) is 5. The molecule has 0 bridgehead atoms. The van der Waals surface area contributed by atoms with Crippen LogP contribution in [0, 0.1) is 0 Å². The molecule has 1 aromatic rings. The van der Waals surface area contributed by atoms with E-state index in [1.54, 1.807) is 7.05 Å². The maximum atomic E-state index is 12.4. The van der Waals surface area contributed by atoms with Gasteiger partial charge in [0.2, 0.25) is 0 Å². The number of likely N-dealkylation sites (N-methyl/N-ethyl adjacent to an activating group) is 1. The minimum atomic E-state index is -0.530. The number of amides is 2. The van der Waals surface area contributed by atoms with Gasteiger partial charge in [-0.1, -0.05) is 0 Å². The number of carbonyl (C=O) groups is 2. The van der Waals surface area contributed by atoms with Crippen molar-refractivity contribution < 1.29 is 14.3 Å². The predicted molar refractivity (Wildman–Crippen MR) is 117 cm³/mol. The molecule has 0 atom stereocenters. The van der Waals surface area contributed by atoms with Crippen LogP contribution < -0.4 is 10.2 Å². The first-order valence-electron chi connectivity index (χ1n) is 10.4. The molecule has 1 N–H and O–H groups in total. The van der Waals surface area contributed by atoms with E-state index in [4.69, 9.17) is 4.74 Å². The second kappa shape index (κ2) is 9.96. The van der Waals surface area contributed by atoms with Gasteiger partial charge in [0.1, 0.15) is 5.60 Å². The quantitative estimate of drug-likeness (QED) is 0.790. The lowest BCUT2D eigenvalue weighted by molar-refractivity contribution is 0.0299. The molecule has 1 aliphatic heterocycles. The Morgan fingerprint density at radius 3 is 2.21 bits per heavy atom. The number of nitrogens with zero attached hydrogens (tertiary/aromatic N) is 3. The van der Waals surface area contributed by atoms with Crippen LogP contribution in [0.15, 0.2) is 24.3 Å². The molecular formula is C22H36N4O3. The van der Waals surface area contributed by atoms with E-state index < -0.39 is 11.7 Å². The van der Waals surface area contributed by atoms with Gasteiger partial charge in [0.15, 0.2) is 0 Å². The number of carbonyl (C=O) groups excluding carboxylic acids is 2. The van der Waals surface area contributed by atoms with Crippen LogP contribution in [0.5, 0.6) is 0 Å². The van der Waals surface area contributed by atoms with E-state index in [9.17, 15) is 9.59 Å². The average molecular weight is 405 g/mol. The molecular weight excluding hydrogens is 368 g/mol. The maximum Gasteiger partial charge on any atom is 0.410 e. The van der Waals surface area contributed by atoms with E-state index in [1.165, 1.54) is 4.90 Å². The van der Waals surface area contributed by atoms with Crippen LogP contribution in [0.25, 0.3) is 0 Å². The number of piperazine rings is 1. The predicted octanol–water partition coefficient (Wildman–Crippen LogP) is 2.81. The molecule has 1 fully saturated rings. The fraction of sp³-hybridized carbons (Fsp3) is 0.636. The third-order valence-corrected chi connectivity index (χ3v) is 4.98. The first-order chi connectivity index (χ1) is 13.6. The SMILES string of the molecule is CC(C)N1CCN(c2ccc(C(=O)NCCN(C)C(=O)OC(C)(C)C)cc2)CC1. The average Bonchev–Trinajstić information content (AvgIpc) is 2.66. The fourth-order valence-corrected chi connectivity index (χ4v) is 3.19. The van der Waals surface area contributed by atoms with Crippen LogP contribution in [0.4, 0.5) is 10.5 Å². The minimum absolute atomic E-state index is 0.140. The van der Waals surface area contributed by atoms with Crippen LogP contribution in [0.3, 0.4) is 0 Å². The molecule has 1 aliphatic rings. The third kappa shape index (κ3) is 7.24. The summed E-state index contributed by atoms with van der Waals surface area (Å²) in [5.41, 5.74) is 1.24. The van der Waals surface area contributed by atoms with Crippen LogP contribution in [-0.2, 0) is 4.74 Å². The van der Waals surface area contributed by atoms with Gasteiger partial charge in [0.05, 0.1) is 0 Å². The number of hydrogen-bond donors (Lipinski definition) is 1. The summed E-state index contributed by atoms with van der Waals surface area (Å²) >= 11 is 0. The Morgan fingerprint density at radius 2 is 1.69 bits per heavy atom. The highest BCUT2D eigenvalue weighted by Crippen LogP contribution is 2.18. The van der Waals surface area contributed by atoms with E-state index in [2.05, 4.69) is 29.0 Å². The van der Waals surface area contributed by atoms with Gasteiger partial charge in [-0.15, -0.1) is 0 Å². The molecule has 1 aromatic carbocycles. The Labute approximate surface area is 175 Å². The first kappa shape index (κ1) is 23.0. The number of benzene rings is 1. The summed E-state index contributed by atoms with van der Waals surface area (Å²) in [6, 6.07) is 8.31. The Hall–Kier alpha value is -2.28. The van der Waals surface area contributed by atoms with Crippen molar-refractivity contribution >= 4 is 17.7 Å². The topological polar surface area (TPSA) is 65.1 Å². The minimum Gasteiger partial charge on any atom is -0.444 e. The molecule has 0 unspecified atom stereocenters. The summed E-state index contributed by atoms with van der Waals surface area (Å²) in [5.74, 6) is -0.140. The lowest BCUT2D eigenvalue weighted by atomic mass is 10.1. The van der Waals surface area contributed by atoms with Crippen molar-refractivity contribution in [1.29, 1.82) is 0 Å². The van der Waals surface area contributed by atoms with Gasteiger partial charge >= 0.3 is 6.09 Å². The van der Waals surface area contributed by atoms with Crippen molar-refractivity contribution in [3.63, 3.8) is 0 Å². The van der Waals surface area contributed by atoms with Crippen LogP contribution in [0.1, 0.15) is 45.0 Å². The van der Waals surface area contributed by atoms with Crippen molar-refractivity contribution in [2.24, 2.45) is 0 Å². The highest BCUT2D eigenvalue weighted by Gasteiger charge is 2.20. The molecule has 7 heteroatoms. The maximum absolute atomic E-state index is 12.4. The van der Waals surface area contributed by atoms with E-state index in [0.29, 0.717) is 24.7 Å². The summed E-state index contributed by atoms with van der Waals surface area (Å²) < 4.78 is 5.30. The number of ether oxygens (including phenoxy) is 1. The standard InChI is InChI=1S/C22H36N4O3/c1-17(2)25-13-15-26(16-14-25)19-9-7-18(8-10-19)20(27)23-11-12-24(6)21(28)29-22(3,4)5/h7-10,17H,11-16H2,1-6H3,(H,23,27). The Bertz CT molecular complexity index is 674. The monoisotopic (exact) mass is 404 g/mol. The molecule has 1 heterocycles. The Morgan fingerprint density at radius 1 is 1.10 bits per heavy atom. The molecule has 0 saturated carbocycles. The lowest BCUT2D eigenvalue weighted by Gasteiger charge is -2.38. The van der Waals surface area contributed by atoms with Crippen LogP contribution >= 0.6 is 0 Å². The van der Waals surface area contributed by atoms with Crippen molar-refractivity contribution in [2.75, 3.05) is 51.2 Å². The van der Waals surface area contributed by atoms with Crippen molar-refractivity contribution in [1.82, 2.24) is 15.1 Å². The van der Waals surface area contributed by atoms with Gasteiger partial charge in [-0.05, 0) is 58.9 Å². The lowest BCUT2D eigenvalue weighted by Crippen LogP contribution is -2.48. The summed E-state index contributed by atoms with van der Waals surface area (Å²) in [7, 11) is 1.66. The second-order valence-corrected chi connectivity index (χ2v) is 8.82. The van der Waals surface area contributed by atoms with Gasteiger partial charge in [-0.2, -0.15) is 0 Å². The van der Waals surface area contributed by atoms with Crippen LogP contribution in [-0.4, -0.2) is 79.8 Å². The smallest absolute Gasteiger partial charge is 0.410 e. The highest BCUT2D eigenvalue weighted by molar-refractivity contribution is 5.94. The summed E-state index contributed by atoms with van der Waals surface area (Å²) in [4.78, 5) is 30.6. The molecule has 1 saturated heterocycles. The molecule has 0 radical (unpaired) electrons. The Balaban J connectivity index is 1.78. The van der Waals surface area contributed by atoms with Crippen LogP contribution in [0.2, 0.25) is 0 Å². The molecule has 0 aromatic heterocycles. The van der Waals surface area contributed by atoms with E-state index >= 15 is 0 Å². The zero-order valence-corrected chi connectivity index (χ0v) is 18.7. The van der Waals surface area contributed by atoms with Crippen molar-refractivity contribution in [3.8, 4) is 0 Å². The largest absolute Gasteiger partial charge is 0.444 e. The fourth-order valence-electron chi connectivity index (χ4n) is 3.19. The molecule has 162 valence electrons. The number of rotatable bonds is 6. The first-order valence-corrected chi connectivity index (χ1v) is 10.4. The van der Waals surface area contributed by atoms with E-state index in [1.807, 2.05) is 45.0 Å². The van der Waals surface area contributed by atoms with Crippen molar-refractivity contribution in [3.05, 3.63) is 29.8 Å². The summed E-state index contributed by atoms with van der Waals surface area (Å²) in [6.07, 6.45) is -0.395. The van der Waals surface area contributed by atoms with Gasteiger partial charge < -0.3 is 19.9 Å². The third-order valence-electron chi connectivity index (χ3n) is 4.98. The normalized spacial score (nSPS) is 15.3. The van der Waals surface area contributed by atoms with Gasteiger partial charge in [-0.25, -0.2) is 4.79 Å². The highest BCUT2D eigenvalue weighted by atomic mass is 16.6. The molecule has 29 heavy (non-hydrogen) atoms. The Kier molecular flexibility index (Phi) is 7.90. The molecule has 0 spiro atoms. The zero-order valence-electron chi connectivity index (χ0n) is 18.7. The summed E-state index contributed by atoms with van der Waals surface area (Å²) in [6.45, 7) is 14.8. The molecule has 2 rings (SSSR count). The second-order valence-electron chi connectivity index (χ2n) is 8.82. The molecule has 2 amide bonds. The molecule has 7 nitrogen and oxygen atoms in total. The van der Waals surface area contributed by atoms with Gasteiger partial charge in [-0.3, -0.25) is 9.69 Å². The van der Waals surface area contributed by atoms with E-state index in [-0.39, 0.29) is 5.91 Å². The van der Waals surface area contributed by atoms with Crippen molar-refractivity contribution in [2.45, 2.75) is 46.3 Å². The number of anilines is 1. The van der Waals surface area contributed by atoms with Gasteiger partial charge in [0.25, 0.3) is 5.91 Å². The summed E-state index contributed by atoms with van der Waals surface area (Å²) in [5, 5.41) is 2.86.